The Hall–Kier alpha value is -1.25. The molecule has 3 unspecified atom stereocenters. The normalized spacial score (nSPS) is 20.9. The number of hydrogen-bond donors (Lipinski definition) is 2. The lowest BCUT2D eigenvalue weighted by Gasteiger charge is -2.38. The molecule has 0 spiro atoms. The van der Waals surface area contributed by atoms with Crippen LogP contribution in [0.4, 0.5) is 4.39 Å². The van der Waals surface area contributed by atoms with Crippen molar-refractivity contribution in [2.75, 3.05) is 40.0 Å². The molecule has 1 aromatic rings. The summed E-state index contributed by atoms with van der Waals surface area (Å²) in [7, 11) is 1.48. The van der Waals surface area contributed by atoms with Gasteiger partial charge in [-0.15, -0.1) is 0 Å². The van der Waals surface area contributed by atoms with E-state index in [2.05, 4.69) is 10.2 Å². The number of methoxy groups -OCH3 is 1. The molecule has 1 aliphatic rings. The number of nitrogens with one attached hydrogen (secondary N) is 1. The molecule has 140 valence electrons. The zero-order chi connectivity index (χ0) is 18.4. The van der Waals surface area contributed by atoms with E-state index < -0.39 is 17.9 Å². The first kappa shape index (κ1) is 20.1. The molecule has 1 aromatic carbocycles. The number of amides is 1. The molecule has 1 saturated heterocycles. The van der Waals surface area contributed by atoms with Crippen LogP contribution in [0.3, 0.4) is 0 Å². The zero-order valence-corrected chi connectivity index (χ0v) is 15.3. The van der Waals surface area contributed by atoms with Crippen molar-refractivity contribution in [3.8, 4) is 0 Å². The van der Waals surface area contributed by atoms with Gasteiger partial charge in [0.25, 0.3) is 0 Å². The number of halogens is 2. The number of carbonyl (C=O) groups is 1. The van der Waals surface area contributed by atoms with Crippen molar-refractivity contribution in [3.05, 3.63) is 34.6 Å². The predicted octanol–water partition coefficient (Wildman–Crippen LogP) is 1.33. The van der Waals surface area contributed by atoms with Gasteiger partial charge in [-0.05, 0) is 19.1 Å². The summed E-state index contributed by atoms with van der Waals surface area (Å²) in [6.07, 6.45) is 0.0215. The molecule has 0 saturated carbocycles. The minimum absolute atomic E-state index is 0.0215. The molecule has 1 aliphatic heterocycles. The summed E-state index contributed by atoms with van der Waals surface area (Å²) < 4.78 is 24.9. The zero-order valence-electron chi connectivity index (χ0n) is 14.5. The first-order valence-electron chi connectivity index (χ1n) is 8.25. The second kappa shape index (κ2) is 9.45. The summed E-state index contributed by atoms with van der Waals surface area (Å²) >= 11 is 6.25. The highest BCUT2D eigenvalue weighted by atomic mass is 35.5. The monoisotopic (exact) mass is 373 g/mol. The third kappa shape index (κ3) is 5.36. The van der Waals surface area contributed by atoms with E-state index in [0.29, 0.717) is 30.3 Å². The Labute approximate surface area is 152 Å². The summed E-state index contributed by atoms with van der Waals surface area (Å²) in [5, 5.41) is 3.11. The van der Waals surface area contributed by atoms with Gasteiger partial charge in [-0.3, -0.25) is 9.69 Å². The lowest BCUT2D eigenvalue weighted by atomic mass is 10.0. The van der Waals surface area contributed by atoms with Crippen molar-refractivity contribution in [1.29, 1.82) is 0 Å². The first-order chi connectivity index (χ1) is 11.9. The van der Waals surface area contributed by atoms with Crippen molar-refractivity contribution >= 4 is 17.5 Å². The van der Waals surface area contributed by atoms with Crippen LogP contribution < -0.4 is 11.1 Å². The molecule has 1 amide bonds. The number of carbonyl (C=O) groups excluding carboxylic acids is 1. The average molecular weight is 374 g/mol. The maximum Gasteiger partial charge on any atom is 0.239 e. The van der Waals surface area contributed by atoms with Gasteiger partial charge in [0.2, 0.25) is 5.91 Å². The van der Waals surface area contributed by atoms with Crippen molar-refractivity contribution in [3.63, 3.8) is 0 Å². The van der Waals surface area contributed by atoms with Crippen LogP contribution >= 0.6 is 11.6 Å². The lowest BCUT2D eigenvalue weighted by molar-refractivity contribution is -0.123. The number of ether oxygens (including phenoxy) is 2. The van der Waals surface area contributed by atoms with Gasteiger partial charge < -0.3 is 20.5 Å². The molecule has 0 radical (unpaired) electrons. The van der Waals surface area contributed by atoms with Crippen LogP contribution in [0.1, 0.15) is 18.5 Å². The summed E-state index contributed by atoms with van der Waals surface area (Å²) in [5.74, 6) is -0.743. The largest absolute Gasteiger partial charge is 0.383 e. The van der Waals surface area contributed by atoms with Crippen LogP contribution in [0.15, 0.2) is 18.2 Å². The van der Waals surface area contributed by atoms with Gasteiger partial charge in [0.1, 0.15) is 11.9 Å². The maximum atomic E-state index is 14.5. The fourth-order valence-electron chi connectivity index (χ4n) is 2.95. The summed E-state index contributed by atoms with van der Waals surface area (Å²) in [5.41, 5.74) is 6.12. The fourth-order valence-corrected chi connectivity index (χ4v) is 3.24. The van der Waals surface area contributed by atoms with Crippen LogP contribution in [0.5, 0.6) is 0 Å². The SMILES string of the molecule is COCC(N)C(=O)NCC(c1c(F)cccc1Cl)N1CCOC(C)C1. The van der Waals surface area contributed by atoms with E-state index in [-0.39, 0.29) is 25.2 Å². The number of rotatable bonds is 7. The quantitative estimate of drug-likeness (QED) is 0.754. The van der Waals surface area contributed by atoms with Crippen LogP contribution in [0.25, 0.3) is 0 Å². The molecule has 6 nitrogen and oxygen atoms in total. The van der Waals surface area contributed by atoms with Gasteiger partial charge in [-0.25, -0.2) is 4.39 Å². The van der Waals surface area contributed by atoms with Gasteiger partial charge in [-0.1, -0.05) is 17.7 Å². The van der Waals surface area contributed by atoms with E-state index in [4.69, 9.17) is 26.8 Å². The third-order valence-corrected chi connectivity index (χ3v) is 4.53. The first-order valence-corrected chi connectivity index (χ1v) is 8.63. The van der Waals surface area contributed by atoms with E-state index >= 15 is 0 Å². The summed E-state index contributed by atoms with van der Waals surface area (Å²) in [6, 6.07) is 3.41. The summed E-state index contributed by atoms with van der Waals surface area (Å²) in [6.45, 7) is 4.06. The molecule has 8 heteroatoms. The van der Waals surface area contributed by atoms with E-state index in [1.165, 1.54) is 13.2 Å². The van der Waals surface area contributed by atoms with E-state index in [0.717, 1.165) is 0 Å². The third-order valence-electron chi connectivity index (χ3n) is 4.20. The highest BCUT2D eigenvalue weighted by Crippen LogP contribution is 2.31. The van der Waals surface area contributed by atoms with Gasteiger partial charge in [0, 0.05) is 37.3 Å². The van der Waals surface area contributed by atoms with Crippen molar-refractivity contribution in [2.45, 2.75) is 25.1 Å². The average Bonchev–Trinajstić information content (AvgIpc) is 2.57. The Morgan fingerprint density at radius 1 is 1.60 bits per heavy atom. The van der Waals surface area contributed by atoms with E-state index in [9.17, 15) is 9.18 Å². The molecule has 3 N–H and O–H groups in total. The Morgan fingerprint density at radius 3 is 3.00 bits per heavy atom. The standard InChI is InChI=1S/C17H25ClFN3O3/c1-11-9-22(6-7-25-11)15(8-21-17(23)14(20)10-24-2)16-12(18)4-3-5-13(16)19/h3-5,11,14-15H,6-10,20H2,1-2H3,(H,21,23). The molecule has 1 heterocycles. The number of nitrogens with zero attached hydrogens (tertiary/aromatic N) is 1. The lowest BCUT2D eigenvalue weighted by Crippen LogP contribution is -2.49. The molecule has 3 atom stereocenters. The second-order valence-corrected chi connectivity index (χ2v) is 6.54. The van der Waals surface area contributed by atoms with Crippen molar-refractivity contribution < 1.29 is 18.7 Å². The van der Waals surface area contributed by atoms with Crippen LogP contribution in [-0.2, 0) is 14.3 Å². The molecule has 1 fully saturated rings. The number of morpholine rings is 1. The molecule has 0 aliphatic carbocycles. The highest BCUT2D eigenvalue weighted by molar-refractivity contribution is 6.31. The van der Waals surface area contributed by atoms with Gasteiger partial charge in [0.15, 0.2) is 0 Å². The fraction of sp³-hybridized carbons (Fsp3) is 0.588. The molecule has 0 bridgehead atoms. The van der Waals surface area contributed by atoms with Crippen molar-refractivity contribution in [2.24, 2.45) is 5.73 Å². The molecular formula is C17H25ClFN3O3. The smallest absolute Gasteiger partial charge is 0.239 e. The van der Waals surface area contributed by atoms with Crippen molar-refractivity contribution in [1.82, 2.24) is 10.2 Å². The number of hydrogen-bond acceptors (Lipinski definition) is 5. The maximum absolute atomic E-state index is 14.5. The Bertz CT molecular complexity index is 570. The van der Waals surface area contributed by atoms with Crippen LogP contribution in [0.2, 0.25) is 5.02 Å². The number of nitrogens with two attached hydrogens (primary N) is 1. The predicted molar refractivity (Wildman–Crippen MR) is 94.0 cm³/mol. The summed E-state index contributed by atoms with van der Waals surface area (Å²) in [4.78, 5) is 14.2. The Kier molecular flexibility index (Phi) is 7.58. The Balaban J connectivity index is 2.19. The highest BCUT2D eigenvalue weighted by Gasteiger charge is 2.30. The minimum Gasteiger partial charge on any atom is -0.383 e. The minimum atomic E-state index is -0.773. The Morgan fingerprint density at radius 2 is 2.36 bits per heavy atom. The molecular weight excluding hydrogens is 349 g/mol. The topological polar surface area (TPSA) is 76.8 Å². The van der Waals surface area contributed by atoms with Crippen LogP contribution in [-0.4, -0.2) is 62.9 Å². The van der Waals surface area contributed by atoms with Gasteiger partial charge >= 0.3 is 0 Å². The van der Waals surface area contributed by atoms with E-state index in [1.54, 1.807) is 12.1 Å². The van der Waals surface area contributed by atoms with E-state index in [1.807, 2.05) is 6.92 Å². The van der Waals surface area contributed by atoms with Gasteiger partial charge in [0.05, 0.1) is 25.4 Å². The molecule has 2 rings (SSSR count). The van der Waals surface area contributed by atoms with Crippen LogP contribution in [0, 0.1) is 5.82 Å². The number of benzene rings is 1. The molecule has 25 heavy (non-hydrogen) atoms. The second-order valence-electron chi connectivity index (χ2n) is 6.13. The van der Waals surface area contributed by atoms with Gasteiger partial charge in [-0.2, -0.15) is 0 Å². The molecule has 0 aromatic heterocycles.